The molecule has 3 heterocycles. The minimum absolute atomic E-state index is 0.0134. The van der Waals surface area contributed by atoms with Gasteiger partial charge in [0.1, 0.15) is 12.2 Å². The molecule has 262 valence electrons. The Morgan fingerprint density at radius 2 is 1.16 bits per heavy atom. The van der Waals surface area contributed by atoms with Crippen LogP contribution in [-0.4, -0.2) is 67.7 Å². The van der Waals surface area contributed by atoms with E-state index >= 15 is 0 Å². The number of carboxylic acid groups (broad SMARTS) is 1. The molecule has 0 aliphatic heterocycles. The Balaban J connectivity index is 1.07. The second-order valence-corrected chi connectivity index (χ2v) is 12.9. The number of hydrogen-bond donors (Lipinski definition) is 5. The first-order valence-corrected chi connectivity index (χ1v) is 17.1. The Morgan fingerprint density at radius 3 is 1.67 bits per heavy atom. The summed E-state index contributed by atoms with van der Waals surface area (Å²) >= 11 is 0. The molecular weight excluding hydrogens is 650 g/mol. The Morgan fingerprint density at radius 1 is 0.686 bits per heavy atom. The number of H-pyrrole nitrogens is 3. The molecule has 0 spiro atoms. The predicted octanol–water partition coefficient (Wildman–Crippen LogP) is 6.27. The van der Waals surface area contributed by atoms with Gasteiger partial charge in [-0.2, -0.15) is 0 Å². The zero-order chi connectivity index (χ0) is 35.3. The third-order valence-electron chi connectivity index (χ3n) is 9.50. The van der Waals surface area contributed by atoms with E-state index in [4.69, 9.17) is 14.2 Å². The van der Waals surface area contributed by atoms with E-state index in [2.05, 4.69) is 15.0 Å². The van der Waals surface area contributed by atoms with Gasteiger partial charge in [0.25, 0.3) is 0 Å². The van der Waals surface area contributed by atoms with E-state index < -0.39 is 42.5 Å². The molecule has 0 fully saturated rings. The van der Waals surface area contributed by atoms with E-state index in [1.54, 1.807) is 0 Å². The molecule has 11 heteroatoms. The summed E-state index contributed by atoms with van der Waals surface area (Å²) in [6.07, 6.45) is 3.35. The Kier molecular flexibility index (Phi) is 10.0. The molecule has 7 rings (SSSR count). The number of aromatic amines is 3. The smallest absolute Gasteiger partial charge is 0.331 e. The fourth-order valence-corrected chi connectivity index (χ4v) is 6.89. The summed E-state index contributed by atoms with van der Waals surface area (Å²) in [5.41, 5.74) is 5.67. The number of benzene rings is 3. The lowest BCUT2D eigenvalue weighted by molar-refractivity contribution is -0.211. The van der Waals surface area contributed by atoms with E-state index in [1.165, 1.54) is 6.08 Å². The lowest BCUT2D eigenvalue weighted by Crippen LogP contribution is -2.49. The number of aromatic nitrogens is 3. The number of hydrogen-bond acceptors (Lipinski definition) is 7. The molecule has 3 aromatic carbocycles. The van der Waals surface area contributed by atoms with Gasteiger partial charge >= 0.3 is 17.9 Å². The highest BCUT2D eigenvalue weighted by Gasteiger charge is 2.42. The van der Waals surface area contributed by atoms with Crippen LogP contribution in [0.1, 0.15) is 42.4 Å². The monoisotopic (exact) mass is 689 g/mol. The molecule has 0 saturated heterocycles. The topological polar surface area (TPSA) is 167 Å². The molecule has 11 nitrogen and oxygen atoms in total. The van der Waals surface area contributed by atoms with Crippen molar-refractivity contribution in [2.24, 2.45) is 0 Å². The molecule has 51 heavy (non-hydrogen) atoms. The van der Waals surface area contributed by atoms with Crippen molar-refractivity contribution in [2.75, 3.05) is 0 Å². The van der Waals surface area contributed by atoms with Gasteiger partial charge in [0.2, 0.25) is 0 Å². The van der Waals surface area contributed by atoms with Gasteiger partial charge < -0.3 is 39.4 Å². The molecule has 1 aliphatic carbocycles. The van der Waals surface area contributed by atoms with Gasteiger partial charge in [-0.15, -0.1) is 0 Å². The molecule has 0 bridgehead atoms. The van der Waals surface area contributed by atoms with E-state index in [1.807, 2.05) is 91.4 Å². The zero-order valence-electron chi connectivity index (χ0n) is 27.8. The van der Waals surface area contributed by atoms with Crippen LogP contribution in [0.3, 0.4) is 0 Å². The molecule has 1 aliphatic rings. The fourth-order valence-electron chi connectivity index (χ4n) is 6.89. The number of aliphatic hydroxyl groups excluding tert-OH is 1. The van der Waals surface area contributed by atoms with Gasteiger partial charge in [0, 0.05) is 82.6 Å². The fraction of sp³-hybridized carbons (Fsp3) is 0.275. The summed E-state index contributed by atoms with van der Waals surface area (Å²) in [5, 5.41) is 24.2. The Hall–Kier alpha value is -5.65. The van der Waals surface area contributed by atoms with Gasteiger partial charge in [-0.25, -0.2) is 4.79 Å². The average molecular weight is 690 g/mol. The summed E-state index contributed by atoms with van der Waals surface area (Å²) in [5.74, 6) is -2.38. The van der Waals surface area contributed by atoms with E-state index in [9.17, 15) is 24.6 Å². The van der Waals surface area contributed by atoms with Gasteiger partial charge in [-0.3, -0.25) is 9.59 Å². The maximum Gasteiger partial charge on any atom is 0.331 e. The number of para-hydroxylation sites is 3. The van der Waals surface area contributed by atoms with Crippen LogP contribution in [-0.2, 0) is 47.9 Å². The van der Waals surface area contributed by atoms with Crippen molar-refractivity contribution in [1.29, 1.82) is 0 Å². The molecular formula is C40H39N3O8. The Bertz CT molecular complexity index is 2210. The first kappa shape index (κ1) is 33.8. The van der Waals surface area contributed by atoms with Gasteiger partial charge in [0.05, 0.1) is 0 Å². The highest BCUT2D eigenvalue weighted by Crippen LogP contribution is 2.30. The first-order chi connectivity index (χ1) is 24.8. The van der Waals surface area contributed by atoms with Crippen molar-refractivity contribution in [3.63, 3.8) is 0 Å². The maximum absolute atomic E-state index is 13.3. The first-order valence-electron chi connectivity index (χ1n) is 17.1. The maximum atomic E-state index is 13.3. The van der Waals surface area contributed by atoms with Gasteiger partial charge in [0.15, 0.2) is 12.4 Å². The van der Waals surface area contributed by atoms with E-state index in [0.29, 0.717) is 19.3 Å². The van der Waals surface area contributed by atoms with Crippen LogP contribution in [0.15, 0.2) is 103 Å². The van der Waals surface area contributed by atoms with Crippen molar-refractivity contribution in [2.45, 2.75) is 69.5 Å². The number of ether oxygens (including phenoxy) is 3. The number of aliphatic hydroxyl groups is 1. The number of esters is 2. The number of rotatable bonds is 14. The lowest BCUT2D eigenvalue weighted by atomic mass is 9.91. The molecule has 4 atom stereocenters. The van der Waals surface area contributed by atoms with Gasteiger partial charge in [-0.05, 0) is 60.2 Å². The molecule has 3 aromatic heterocycles. The highest BCUT2D eigenvalue weighted by atomic mass is 16.6. The minimum atomic E-state index is -1.33. The Labute approximate surface area is 293 Å². The molecule has 0 radical (unpaired) electrons. The van der Waals surface area contributed by atoms with Crippen molar-refractivity contribution >= 4 is 50.6 Å². The number of nitrogens with one attached hydrogen (secondary N) is 3. The van der Waals surface area contributed by atoms with Crippen LogP contribution < -0.4 is 0 Å². The van der Waals surface area contributed by atoms with Gasteiger partial charge in [-0.1, -0.05) is 54.6 Å². The summed E-state index contributed by atoms with van der Waals surface area (Å²) < 4.78 is 17.9. The van der Waals surface area contributed by atoms with Crippen LogP contribution >= 0.6 is 0 Å². The van der Waals surface area contributed by atoms with E-state index in [0.717, 1.165) is 49.4 Å². The largest absolute Gasteiger partial charge is 0.478 e. The van der Waals surface area contributed by atoms with Crippen molar-refractivity contribution in [3.8, 4) is 0 Å². The molecule has 1 unspecified atom stereocenters. The predicted molar refractivity (Wildman–Crippen MR) is 191 cm³/mol. The number of carbonyl (C=O) groups is 3. The van der Waals surface area contributed by atoms with Crippen molar-refractivity contribution in [3.05, 3.63) is 120 Å². The number of aliphatic carboxylic acids is 1. The number of carbonyl (C=O) groups excluding carboxylic acids is 2. The zero-order valence-corrected chi connectivity index (χ0v) is 27.8. The average Bonchev–Trinajstić information content (AvgIpc) is 3.87. The molecule has 6 aromatic rings. The number of carboxylic acids is 1. The molecule has 0 saturated carbocycles. The molecule has 5 N–H and O–H groups in total. The third-order valence-corrected chi connectivity index (χ3v) is 9.50. The summed E-state index contributed by atoms with van der Waals surface area (Å²) in [6, 6.07) is 23.4. The quantitative estimate of drug-likeness (QED) is 0.0659. The second kappa shape index (κ2) is 15.1. The lowest BCUT2D eigenvalue weighted by Gasteiger charge is -2.36. The van der Waals surface area contributed by atoms with Crippen LogP contribution in [0, 0.1) is 0 Å². The summed E-state index contributed by atoms with van der Waals surface area (Å²) in [6.45, 7) is 0. The SMILES string of the molecule is O=C(CCc1c[nH]c2ccccc12)O[C@@H]1C=C(C(=O)O)C[C@@H](OC(=O)CCc2c[nH]c3ccccc23)[C@@H]1OC(O)CCc1c[nH]c2ccccc12. The highest BCUT2D eigenvalue weighted by molar-refractivity contribution is 5.88. The summed E-state index contributed by atoms with van der Waals surface area (Å²) in [7, 11) is 0. The van der Waals surface area contributed by atoms with Crippen LogP contribution in [0.4, 0.5) is 0 Å². The normalized spacial score (nSPS) is 18.1. The second-order valence-electron chi connectivity index (χ2n) is 12.9. The number of fused-ring (bicyclic) bond motifs is 3. The van der Waals surface area contributed by atoms with Crippen LogP contribution in [0.25, 0.3) is 32.7 Å². The van der Waals surface area contributed by atoms with Crippen molar-refractivity contribution in [1.82, 2.24) is 15.0 Å². The molecule has 0 amide bonds. The van der Waals surface area contributed by atoms with Crippen molar-refractivity contribution < 1.29 is 38.8 Å². The van der Waals surface area contributed by atoms with E-state index in [-0.39, 0.29) is 31.3 Å². The summed E-state index contributed by atoms with van der Waals surface area (Å²) in [4.78, 5) is 48.4. The standard InChI is InChI=1S/C40H39N3O8/c44-36(16-13-24-21-41-31-10-4-1-7-28(24)31)49-34-19-27(40(47)48)20-35(50-37(45)17-14-25-22-42-32-11-5-2-8-29(25)32)39(34)51-38(46)18-15-26-23-43-33-12-6-3-9-30(26)33/h1-12,19,21-23,34-35,38-39,41-43,46H,13-18,20H2,(H,47,48)/t34-,35-,38?,39-/m1/s1. The minimum Gasteiger partial charge on any atom is -0.478 e. The number of aryl methyl sites for hydroxylation is 3. The third kappa shape index (κ3) is 7.74. The van der Waals surface area contributed by atoms with Crippen LogP contribution in [0.5, 0.6) is 0 Å². The van der Waals surface area contributed by atoms with Crippen LogP contribution in [0.2, 0.25) is 0 Å².